The molecule has 88 valence electrons. The number of hydrogen-bond donors (Lipinski definition) is 1. The van der Waals surface area contributed by atoms with E-state index in [0.717, 1.165) is 24.3 Å². The van der Waals surface area contributed by atoms with E-state index in [9.17, 15) is 0 Å². The van der Waals surface area contributed by atoms with Crippen molar-refractivity contribution < 1.29 is 0 Å². The molecule has 0 saturated heterocycles. The fraction of sp³-hybridized carbons (Fsp3) is 1.00. The van der Waals surface area contributed by atoms with E-state index in [1.165, 1.54) is 32.2 Å². The SMILES string of the molecule is CC(C)C1CC(CN)(N(C)CC2CC2)C1. The van der Waals surface area contributed by atoms with Crippen LogP contribution in [-0.2, 0) is 0 Å². The van der Waals surface area contributed by atoms with Crippen LogP contribution in [0.25, 0.3) is 0 Å². The van der Waals surface area contributed by atoms with Gasteiger partial charge in [0.15, 0.2) is 0 Å². The van der Waals surface area contributed by atoms with Crippen molar-refractivity contribution >= 4 is 0 Å². The van der Waals surface area contributed by atoms with Gasteiger partial charge in [-0.2, -0.15) is 0 Å². The normalized spacial score (nSPS) is 36.0. The van der Waals surface area contributed by atoms with Crippen molar-refractivity contribution in [2.75, 3.05) is 20.1 Å². The lowest BCUT2D eigenvalue weighted by molar-refractivity contribution is -0.0219. The van der Waals surface area contributed by atoms with Crippen molar-refractivity contribution in [1.29, 1.82) is 0 Å². The lowest BCUT2D eigenvalue weighted by Gasteiger charge is -2.54. The van der Waals surface area contributed by atoms with Gasteiger partial charge < -0.3 is 5.73 Å². The quantitative estimate of drug-likeness (QED) is 0.753. The van der Waals surface area contributed by atoms with Crippen LogP contribution in [0, 0.1) is 17.8 Å². The third-order valence-electron chi connectivity index (χ3n) is 4.65. The van der Waals surface area contributed by atoms with Gasteiger partial charge in [-0.15, -0.1) is 0 Å². The summed E-state index contributed by atoms with van der Waals surface area (Å²) in [5.74, 6) is 2.73. The van der Waals surface area contributed by atoms with Crippen molar-refractivity contribution in [1.82, 2.24) is 4.90 Å². The Hall–Kier alpha value is -0.0800. The number of hydrogen-bond acceptors (Lipinski definition) is 2. The van der Waals surface area contributed by atoms with Gasteiger partial charge in [-0.05, 0) is 50.5 Å². The van der Waals surface area contributed by atoms with E-state index >= 15 is 0 Å². The highest BCUT2D eigenvalue weighted by molar-refractivity contribution is 5.04. The van der Waals surface area contributed by atoms with E-state index < -0.39 is 0 Å². The van der Waals surface area contributed by atoms with Crippen LogP contribution in [0.5, 0.6) is 0 Å². The molecule has 15 heavy (non-hydrogen) atoms. The fourth-order valence-corrected chi connectivity index (χ4v) is 2.90. The molecule has 0 aromatic heterocycles. The first kappa shape index (κ1) is 11.4. The molecule has 2 aliphatic rings. The first-order valence-corrected chi connectivity index (χ1v) is 6.49. The Morgan fingerprint density at radius 1 is 1.33 bits per heavy atom. The molecular weight excluding hydrogens is 184 g/mol. The Kier molecular flexibility index (Phi) is 3.09. The zero-order valence-electron chi connectivity index (χ0n) is 10.5. The molecule has 0 unspecified atom stereocenters. The van der Waals surface area contributed by atoms with Crippen molar-refractivity contribution in [3.63, 3.8) is 0 Å². The number of likely N-dealkylation sites (N-methyl/N-ethyl adjacent to an activating group) is 1. The fourth-order valence-electron chi connectivity index (χ4n) is 2.90. The first-order chi connectivity index (χ1) is 7.07. The minimum Gasteiger partial charge on any atom is -0.329 e. The summed E-state index contributed by atoms with van der Waals surface area (Å²) in [5, 5.41) is 0. The standard InChI is InChI=1S/C13H26N2/c1-10(2)12-6-13(7-12,9-14)15(3)8-11-4-5-11/h10-12H,4-9,14H2,1-3H3. The second kappa shape index (κ2) is 4.06. The Bertz CT molecular complexity index is 215. The highest BCUT2D eigenvalue weighted by Crippen LogP contribution is 2.46. The van der Waals surface area contributed by atoms with Gasteiger partial charge in [-0.3, -0.25) is 4.90 Å². The van der Waals surface area contributed by atoms with E-state index in [2.05, 4.69) is 25.8 Å². The summed E-state index contributed by atoms with van der Waals surface area (Å²) in [7, 11) is 2.28. The second-order valence-electron chi connectivity index (χ2n) is 6.16. The largest absolute Gasteiger partial charge is 0.329 e. The molecule has 0 radical (unpaired) electrons. The zero-order chi connectivity index (χ0) is 11.1. The second-order valence-corrected chi connectivity index (χ2v) is 6.16. The summed E-state index contributed by atoms with van der Waals surface area (Å²) < 4.78 is 0. The maximum absolute atomic E-state index is 5.99. The van der Waals surface area contributed by atoms with Crippen LogP contribution in [0.3, 0.4) is 0 Å². The summed E-state index contributed by atoms with van der Waals surface area (Å²) in [4.78, 5) is 2.56. The van der Waals surface area contributed by atoms with Gasteiger partial charge in [-0.25, -0.2) is 0 Å². The minimum atomic E-state index is 0.359. The Morgan fingerprint density at radius 3 is 2.33 bits per heavy atom. The van der Waals surface area contributed by atoms with E-state index in [4.69, 9.17) is 5.73 Å². The smallest absolute Gasteiger partial charge is 0.0334 e. The van der Waals surface area contributed by atoms with Gasteiger partial charge in [-0.1, -0.05) is 13.8 Å². The van der Waals surface area contributed by atoms with Gasteiger partial charge in [0.25, 0.3) is 0 Å². The Labute approximate surface area is 94.2 Å². The molecule has 0 spiro atoms. The van der Waals surface area contributed by atoms with Crippen molar-refractivity contribution in [3.05, 3.63) is 0 Å². The molecule has 0 amide bonds. The molecule has 2 fully saturated rings. The van der Waals surface area contributed by atoms with Crippen LogP contribution in [-0.4, -0.2) is 30.6 Å². The minimum absolute atomic E-state index is 0.359. The van der Waals surface area contributed by atoms with Crippen molar-refractivity contribution in [2.45, 2.75) is 45.1 Å². The number of rotatable bonds is 5. The highest BCUT2D eigenvalue weighted by Gasteiger charge is 2.47. The molecule has 2 N–H and O–H groups in total. The molecule has 2 rings (SSSR count). The molecule has 0 aliphatic heterocycles. The maximum atomic E-state index is 5.99. The van der Waals surface area contributed by atoms with Crippen LogP contribution in [0.2, 0.25) is 0 Å². The number of nitrogens with two attached hydrogens (primary N) is 1. The van der Waals surface area contributed by atoms with Crippen molar-refractivity contribution in [2.24, 2.45) is 23.5 Å². The third-order valence-corrected chi connectivity index (χ3v) is 4.65. The molecule has 0 heterocycles. The molecule has 2 nitrogen and oxygen atoms in total. The molecular formula is C13H26N2. The summed E-state index contributed by atoms with van der Waals surface area (Å²) in [6, 6.07) is 0. The van der Waals surface area contributed by atoms with Crippen molar-refractivity contribution in [3.8, 4) is 0 Å². The summed E-state index contributed by atoms with van der Waals surface area (Å²) >= 11 is 0. The molecule has 0 atom stereocenters. The van der Waals surface area contributed by atoms with Crippen LogP contribution < -0.4 is 5.73 Å². The van der Waals surface area contributed by atoms with E-state index in [0.29, 0.717) is 5.54 Å². The lowest BCUT2D eigenvalue weighted by atomic mass is 9.63. The maximum Gasteiger partial charge on any atom is 0.0334 e. The monoisotopic (exact) mass is 210 g/mol. The summed E-state index contributed by atoms with van der Waals surface area (Å²) in [6.45, 7) is 6.81. The van der Waals surface area contributed by atoms with Gasteiger partial charge >= 0.3 is 0 Å². The molecule has 0 bridgehead atoms. The average Bonchev–Trinajstić information content (AvgIpc) is 2.86. The highest BCUT2D eigenvalue weighted by atomic mass is 15.2. The van der Waals surface area contributed by atoms with E-state index in [1.54, 1.807) is 0 Å². The van der Waals surface area contributed by atoms with Crippen LogP contribution in [0.15, 0.2) is 0 Å². The van der Waals surface area contributed by atoms with Gasteiger partial charge in [0.1, 0.15) is 0 Å². The molecule has 0 aromatic rings. The first-order valence-electron chi connectivity index (χ1n) is 6.49. The van der Waals surface area contributed by atoms with Gasteiger partial charge in [0, 0.05) is 18.6 Å². The van der Waals surface area contributed by atoms with Gasteiger partial charge in [0.2, 0.25) is 0 Å². The van der Waals surface area contributed by atoms with Crippen LogP contribution in [0.1, 0.15) is 39.5 Å². The summed E-state index contributed by atoms with van der Waals surface area (Å²) in [5.41, 5.74) is 6.35. The Balaban J connectivity index is 1.86. The third kappa shape index (κ3) is 2.21. The molecule has 2 aliphatic carbocycles. The topological polar surface area (TPSA) is 29.3 Å². The summed E-state index contributed by atoms with van der Waals surface area (Å²) in [6.07, 6.45) is 5.53. The zero-order valence-corrected chi connectivity index (χ0v) is 10.5. The molecule has 2 saturated carbocycles. The molecule has 2 heteroatoms. The number of nitrogens with zero attached hydrogens (tertiary/aromatic N) is 1. The predicted molar refractivity (Wildman–Crippen MR) is 64.7 cm³/mol. The van der Waals surface area contributed by atoms with Crippen LogP contribution >= 0.6 is 0 Å². The average molecular weight is 210 g/mol. The lowest BCUT2D eigenvalue weighted by Crippen LogP contribution is -2.61. The Morgan fingerprint density at radius 2 is 1.93 bits per heavy atom. The molecule has 0 aromatic carbocycles. The van der Waals surface area contributed by atoms with Crippen LogP contribution in [0.4, 0.5) is 0 Å². The van der Waals surface area contributed by atoms with Gasteiger partial charge in [0.05, 0.1) is 0 Å². The predicted octanol–water partition coefficient (Wildman–Crippen LogP) is 2.09. The van der Waals surface area contributed by atoms with E-state index in [-0.39, 0.29) is 0 Å². The van der Waals surface area contributed by atoms with E-state index in [1.807, 2.05) is 0 Å².